The van der Waals surface area contributed by atoms with Gasteiger partial charge in [0.25, 0.3) is 0 Å². The molecule has 2 rings (SSSR count). The summed E-state index contributed by atoms with van der Waals surface area (Å²) in [5.74, 6) is -1.19. The van der Waals surface area contributed by atoms with Gasteiger partial charge in [-0.2, -0.15) is 0 Å². The van der Waals surface area contributed by atoms with Gasteiger partial charge < -0.3 is 15.3 Å². The fourth-order valence-corrected chi connectivity index (χ4v) is 2.46. The Morgan fingerprint density at radius 3 is 2.76 bits per heavy atom. The van der Waals surface area contributed by atoms with Crippen molar-refractivity contribution in [3.05, 3.63) is 35.4 Å². The molecule has 1 fully saturated rings. The van der Waals surface area contributed by atoms with Crippen LogP contribution in [0.4, 0.5) is 0 Å². The average molecular weight is 290 g/mol. The highest BCUT2D eigenvalue weighted by Gasteiger charge is 2.24. The maximum Gasteiger partial charge on any atom is 0.335 e. The summed E-state index contributed by atoms with van der Waals surface area (Å²) in [4.78, 5) is 36.1. The van der Waals surface area contributed by atoms with Crippen molar-refractivity contribution < 1.29 is 19.5 Å². The molecule has 21 heavy (non-hydrogen) atoms. The zero-order valence-corrected chi connectivity index (χ0v) is 11.8. The van der Waals surface area contributed by atoms with Crippen molar-refractivity contribution in [2.45, 2.75) is 25.3 Å². The van der Waals surface area contributed by atoms with E-state index >= 15 is 0 Å². The van der Waals surface area contributed by atoms with Crippen LogP contribution in [0.15, 0.2) is 24.3 Å². The highest BCUT2D eigenvalue weighted by Crippen LogP contribution is 2.12. The molecule has 0 bridgehead atoms. The van der Waals surface area contributed by atoms with Gasteiger partial charge in [-0.25, -0.2) is 4.79 Å². The Morgan fingerprint density at radius 1 is 1.38 bits per heavy atom. The third-order valence-electron chi connectivity index (χ3n) is 3.59. The lowest BCUT2D eigenvalue weighted by molar-refractivity contribution is -0.133. The number of aromatic carboxylic acids is 1. The largest absolute Gasteiger partial charge is 0.478 e. The van der Waals surface area contributed by atoms with Crippen LogP contribution in [0.1, 0.15) is 28.8 Å². The lowest BCUT2D eigenvalue weighted by Crippen LogP contribution is -2.48. The predicted molar refractivity (Wildman–Crippen MR) is 75.9 cm³/mol. The zero-order valence-electron chi connectivity index (χ0n) is 11.8. The smallest absolute Gasteiger partial charge is 0.335 e. The molecule has 1 saturated heterocycles. The van der Waals surface area contributed by atoms with Gasteiger partial charge in [0.2, 0.25) is 11.8 Å². The first-order valence-electron chi connectivity index (χ1n) is 6.82. The standard InChI is InChI=1S/C15H18N2O4/c1-17-9-11(6-7-14(17)19)16-13(18)8-10-4-2-3-5-12(10)15(20)21/h2-5,11H,6-9H2,1H3,(H,16,18)(H,20,21). The fraction of sp³-hybridized carbons (Fsp3) is 0.400. The summed E-state index contributed by atoms with van der Waals surface area (Å²) in [6.07, 6.45) is 1.07. The molecule has 1 aliphatic heterocycles. The van der Waals surface area contributed by atoms with Crippen LogP contribution in [0.2, 0.25) is 0 Å². The zero-order chi connectivity index (χ0) is 15.4. The number of nitrogens with one attached hydrogen (secondary N) is 1. The number of hydrogen-bond acceptors (Lipinski definition) is 3. The van der Waals surface area contributed by atoms with E-state index in [1.54, 1.807) is 30.1 Å². The number of carboxylic acids is 1. The van der Waals surface area contributed by atoms with Crippen LogP contribution in [0.3, 0.4) is 0 Å². The molecule has 112 valence electrons. The number of carboxylic acid groups (broad SMARTS) is 1. The van der Waals surface area contributed by atoms with E-state index < -0.39 is 5.97 Å². The normalized spacial score (nSPS) is 18.4. The van der Waals surface area contributed by atoms with Crippen LogP contribution < -0.4 is 5.32 Å². The minimum Gasteiger partial charge on any atom is -0.478 e. The first-order valence-corrected chi connectivity index (χ1v) is 6.82. The number of carbonyl (C=O) groups excluding carboxylic acids is 2. The number of rotatable bonds is 4. The molecule has 0 aromatic heterocycles. The SMILES string of the molecule is CN1CC(NC(=O)Cc2ccccc2C(=O)O)CCC1=O. The summed E-state index contributed by atoms with van der Waals surface area (Å²) < 4.78 is 0. The number of likely N-dealkylation sites (N-methyl/N-ethyl adjacent to an activating group) is 1. The Morgan fingerprint density at radius 2 is 2.10 bits per heavy atom. The Balaban J connectivity index is 1.96. The van der Waals surface area contributed by atoms with E-state index in [9.17, 15) is 14.4 Å². The Hall–Kier alpha value is -2.37. The van der Waals surface area contributed by atoms with E-state index in [1.165, 1.54) is 6.07 Å². The Labute approximate surface area is 122 Å². The van der Waals surface area contributed by atoms with Crippen molar-refractivity contribution in [2.24, 2.45) is 0 Å². The van der Waals surface area contributed by atoms with Crippen LogP contribution in [-0.4, -0.2) is 47.4 Å². The van der Waals surface area contributed by atoms with E-state index in [4.69, 9.17) is 5.11 Å². The van der Waals surface area contributed by atoms with Gasteiger partial charge in [-0.1, -0.05) is 18.2 Å². The van der Waals surface area contributed by atoms with Gasteiger partial charge >= 0.3 is 5.97 Å². The van der Waals surface area contributed by atoms with Crippen LogP contribution in [0, 0.1) is 0 Å². The summed E-state index contributed by atoms with van der Waals surface area (Å²) >= 11 is 0. The molecule has 1 aromatic carbocycles. The topological polar surface area (TPSA) is 86.7 Å². The second kappa shape index (κ2) is 6.39. The van der Waals surface area contributed by atoms with Crippen LogP contribution >= 0.6 is 0 Å². The quantitative estimate of drug-likeness (QED) is 0.853. The highest BCUT2D eigenvalue weighted by atomic mass is 16.4. The van der Waals surface area contributed by atoms with Crippen molar-refractivity contribution in [1.29, 1.82) is 0 Å². The van der Waals surface area contributed by atoms with Crippen molar-refractivity contribution >= 4 is 17.8 Å². The molecular weight excluding hydrogens is 272 g/mol. The van der Waals surface area contributed by atoms with Gasteiger partial charge in [0, 0.05) is 26.1 Å². The van der Waals surface area contributed by atoms with Gasteiger partial charge in [0.05, 0.1) is 12.0 Å². The third-order valence-corrected chi connectivity index (χ3v) is 3.59. The fourth-order valence-electron chi connectivity index (χ4n) is 2.46. The summed E-state index contributed by atoms with van der Waals surface area (Å²) in [6, 6.07) is 6.39. The Bertz CT molecular complexity index is 571. The van der Waals surface area contributed by atoms with E-state index in [0.717, 1.165) is 0 Å². The number of benzene rings is 1. The summed E-state index contributed by atoms with van der Waals surface area (Å²) in [5.41, 5.74) is 0.631. The monoisotopic (exact) mass is 290 g/mol. The number of amides is 2. The maximum absolute atomic E-state index is 12.0. The van der Waals surface area contributed by atoms with Crippen LogP contribution in [0.25, 0.3) is 0 Å². The van der Waals surface area contributed by atoms with Gasteiger partial charge in [-0.15, -0.1) is 0 Å². The Kier molecular flexibility index (Phi) is 4.57. The molecule has 0 saturated carbocycles. The second-order valence-electron chi connectivity index (χ2n) is 5.22. The molecule has 0 aliphatic carbocycles. The molecule has 1 aromatic rings. The van der Waals surface area contributed by atoms with Crippen LogP contribution in [-0.2, 0) is 16.0 Å². The number of nitrogens with zero attached hydrogens (tertiary/aromatic N) is 1. The molecule has 0 radical (unpaired) electrons. The number of carbonyl (C=O) groups is 3. The number of hydrogen-bond donors (Lipinski definition) is 2. The van der Waals surface area contributed by atoms with E-state index in [2.05, 4.69) is 5.32 Å². The van der Waals surface area contributed by atoms with Gasteiger partial charge in [0.15, 0.2) is 0 Å². The highest BCUT2D eigenvalue weighted by molar-refractivity contribution is 5.91. The molecule has 2 amide bonds. The minimum absolute atomic E-state index is 0.0244. The van der Waals surface area contributed by atoms with Gasteiger partial charge in [-0.05, 0) is 18.1 Å². The first kappa shape index (κ1) is 15.0. The summed E-state index contributed by atoms with van der Waals surface area (Å²) in [6.45, 7) is 0.491. The van der Waals surface area contributed by atoms with Crippen LogP contribution in [0.5, 0.6) is 0 Å². The van der Waals surface area contributed by atoms with E-state index in [-0.39, 0.29) is 29.8 Å². The lowest BCUT2D eigenvalue weighted by Gasteiger charge is -2.30. The minimum atomic E-state index is -1.04. The summed E-state index contributed by atoms with van der Waals surface area (Å²) in [7, 11) is 1.71. The number of likely N-dealkylation sites (tertiary alicyclic amines) is 1. The lowest BCUT2D eigenvalue weighted by atomic mass is 10.0. The van der Waals surface area contributed by atoms with Crippen molar-refractivity contribution in [3.63, 3.8) is 0 Å². The molecule has 1 unspecified atom stereocenters. The predicted octanol–water partition coefficient (Wildman–Crippen LogP) is 0.664. The van der Waals surface area contributed by atoms with Crippen molar-refractivity contribution in [3.8, 4) is 0 Å². The van der Waals surface area contributed by atoms with Crippen molar-refractivity contribution in [1.82, 2.24) is 10.2 Å². The maximum atomic E-state index is 12.0. The molecular formula is C15H18N2O4. The van der Waals surface area contributed by atoms with Crippen molar-refractivity contribution in [2.75, 3.05) is 13.6 Å². The van der Waals surface area contributed by atoms with Gasteiger partial charge in [0.1, 0.15) is 0 Å². The van der Waals surface area contributed by atoms with E-state index in [1.807, 2.05) is 0 Å². The third kappa shape index (κ3) is 3.81. The van der Waals surface area contributed by atoms with E-state index in [0.29, 0.717) is 24.9 Å². The molecule has 6 nitrogen and oxygen atoms in total. The molecule has 0 spiro atoms. The molecule has 1 atom stereocenters. The summed E-state index contributed by atoms with van der Waals surface area (Å²) in [5, 5.41) is 11.9. The molecule has 1 heterocycles. The number of piperidine rings is 1. The molecule has 1 aliphatic rings. The van der Waals surface area contributed by atoms with Gasteiger partial charge in [-0.3, -0.25) is 9.59 Å². The molecule has 2 N–H and O–H groups in total. The second-order valence-corrected chi connectivity index (χ2v) is 5.22. The molecule has 6 heteroatoms. The average Bonchev–Trinajstić information content (AvgIpc) is 2.43. The first-order chi connectivity index (χ1) is 9.97.